The van der Waals surface area contributed by atoms with Crippen LogP contribution in [-0.4, -0.2) is 33.4 Å². The fourth-order valence-electron chi connectivity index (χ4n) is 2.85. The predicted molar refractivity (Wildman–Crippen MR) is 81.5 cm³/mol. The Labute approximate surface area is 121 Å². The van der Waals surface area contributed by atoms with Gasteiger partial charge >= 0.3 is 0 Å². The van der Waals surface area contributed by atoms with E-state index in [1.165, 1.54) is 12.0 Å². The Hall–Kier alpha value is -1.26. The first kappa shape index (κ1) is 15.1. The molecule has 3 atom stereocenters. The van der Waals surface area contributed by atoms with E-state index in [-0.39, 0.29) is 6.04 Å². The van der Waals surface area contributed by atoms with Gasteiger partial charge in [-0.05, 0) is 38.4 Å². The molecule has 1 heterocycles. The summed E-state index contributed by atoms with van der Waals surface area (Å²) in [6.07, 6.45) is 1.17. The van der Waals surface area contributed by atoms with Crippen molar-refractivity contribution in [2.24, 2.45) is 5.92 Å². The average molecular weight is 278 g/mol. The molecule has 1 aliphatic rings. The van der Waals surface area contributed by atoms with Crippen molar-refractivity contribution in [1.29, 1.82) is 0 Å². The van der Waals surface area contributed by atoms with Crippen molar-refractivity contribution in [3.05, 3.63) is 23.8 Å². The number of benzene rings is 1. The largest absolute Gasteiger partial charge is 0.497 e. The molecule has 20 heavy (non-hydrogen) atoms. The van der Waals surface area contributed by atoms with Crippen molar-refractivity contribution in [2.75, 3.05) is 27.3 Å². The summed E-state index contributed by atoms with van der Waals surface area (Å²) in [7, 11) is 3.38. The van der Waals surface area contributed by atoms with Crippen LogP contribution in [0, 0.1) is 5.92 Å². The second-order valence-corrected chi connectivity index (χ2v) is 5.57. The van der Waals surface area contributed by atoms with Gasteiger partial charge in [0.2, 0.25) is 0 Å². The van der Waals surface area contributed by atoms with Crippen LogP contribution in [0.15, 0.2) is 18.2 Å². The number of piperidine rings is 1. The van der Waals surface area contributed by atoms with Gasteiger partial charge in [0.1, 0.15) is 11.5 Å². The van der Waals surface area contributed by atoms with Crippen molar-refractivity contribution >= 4 is 0 Å². The first-order chi connectivity index (χ1) is 9.65. The van der Waals surface area contributed by atoms with E-state index in [0.717, 1.165) is 24.6 Å². The Morgan fingerprint density at radius 1 is 1.30 bits per heavy atom. The normalized spacial score (nSPS) is 24.2. The fourth-order valence-corrected chi connectivity index (χ4v) is 2.85. The molecule has 0 radical (unpaired) electrons. The molecule has 0 bridgehead atoms. The fraction of sp³-hybridized carbons (Fsp3) is 0.625. The first-order valence-electron chi connectivity index (χ1n) is 7.34. The smallest absolute Gasteiger partial charge is 0.127 e. The summed E-state index contributed by atoms with van der Waals surface area (Å²) in [6, 6.07) is 6.84. The summed E-state index contributed by atoms with van der Waals surface area (Å²) in [5.41, 5.74) is 1.18. The third-order valence-electron chi connectivity index (χ3n) is 4.16. The maximum Gasteiger partial charge on any atom is 0.127 e. The molecule has 0 saturated carbocycles. The Kier molecular flexibility index (Phi) is 5.26. The molecule has 1 aliphatic heterocycles. The highest BCUT2D eigenvalue weighted by atomic mass is 16.5. The highest BCUT2D eigenvalue weighted by Gasteiger charge is 2.23. The lowest BCUT2D eigenvalue weighted by molar-refractivity contribution is 0.275. The van der Waals surface area contributed by atoms with Crippen LogP contribution in [0.3, 0.4) is 0 Å². The molecule has 1 fully saturated rings. The highest BCUT2D eigenvalue weighted by Crippen LogP contribution is 2.30. The van der Waals surface area contributed by atoms with Crippen LogP contribution in [0.4, 0.5) is 0 Å². The van der Waals surface area contributed by atoms with Gasteiger partial charge in [-0.15, -0.1) is 0 Å². The Morgan fingerprint density at radius 3 is 2.75 bits per heavy atom. The van der Waals surface area contributed by atoms with Gasteiger partial charge in [0.05, 0.1) is 14.2 Å². The van der Waals surface area contributed by atoms with Gasteiger partial charge in [-0.3, -0.25) is 0 Å². The van der Waals surface area contributed by atoms with E-state index in [0.29, 0.717) is 12.0 Å². The molecule has 0 spiro atoms. The van der Waals surface area contributed by atoms with Gasteiger partial charge in [0, 0.05) is 23.7 Å². The lowest BCUT2D eigenvalue weighted by Gasteiger charge is -2.33. The Bertz CT molecular complexity index is 436. The minimum absolute atomic E-state index is 0.265. The summed E-state index contributed by atoms with van der Waals surface area (Å²) in [6.45, 7) is 6.67. The second-order valence-electron chi connectivity index (χ2n) is 5.57. The Morgan fingerprint density at radius 2 is 2.10 bits per heavy atom. The molecule has 4 heteroatoms. The third-order valence-corrected chi connectivity index (χ3v) is 4.16. The highest BCUT2D eigenvalue weighted by molar-refractivity contribution is 5.42. The molecule has 3 unspecified atom stereocenters. The van der Waals surface area contributed by atoms with Crippen LogP contribution in [-0.2, 0) is 0 Å². The summed E-state index contributed by atoms with van der Waals surface area (Å²) in [5.74, 6) is 2.36. The van der Waals surface area contributed by atoms with Crippen molar-refractivity contribution in [1.82, 2.24) is 10.6 Å². The first-order valence-corrected chi connectivity index (χ1v) is 7.34. The molecule has 2 rings (SSSR count). The van der Waals surface area contributed by atoms with Crippen LogP contribution in [0.1, 0.15) is 31.9 Å². The molecule has 0 aromatic heterocycles. The standard InChI is InChI=1S/C16H26N2O2/c1-11-10-17-8-7-15(11)18-12(2)14-6-5-13(19-3)9-16(14)20-4/h5-6,9,11-12,15,17-18H,7-8,10H2,1-4H3. The van der Waals surface area contributed by atoms with Crippen LogP contribution in [0.25, 0.3) is 0 Å². The van der Waals surface area contributed by atoms with Gasteiger partial charge in [0.15, 0.2) is 0 Å². The maximum atomic E-state index is 5.49. The molecule has 0 amide bonds. The van der Waals surface area contributed by atoms with Gasteiger partial charge in [-0.1, -0.05) is 13.0 Å². The minimum Gasteiger partial charge on any atom is -0.497 e. The molecule has 1 aromatic carbocycles. The van der Waals surface area contributed by atoms with Crippen LogP contribution in [0.5, 0.6) is 11.5 Å². The van der Waals surface area contributed by atoms with E-state index >= 15 is 0 Å². The molecular formula is C16H26N2O2. The average Bonchev–Trinajstić information content (AvgIpc) is 2.48. The molecule has 1 saturated heterocycles. The quantitative estimate of drug-likeness (QED) is 0.867. The van der Waals surface area contributed by atoms with E-state index in [1.54, 1.807) is 14.2 Å². The van der Waals surface area contributed by atoms with Crippen molar-refractivity contribution in [3.8, 4) is 11.5 Å². The molecule has 112 valence electrons. The van der Waals surface area contributed by atoms with E-state index in [1.807, 2.05) is 12.1 Å². The molecule has 2 N–H and O–H groups in total. The second kappa shape index (κ2) is 6.95. The lowest BCUT2D eigenvalue weighted by atomic mass is 9.93. The van der Waals surface area contributed by atoms with Gasteiger partial charge in [-0.25, -0.2) is 0 Å². The molecule has 1 aromatic rings. The van der Waals surface area contributed by atoms with Gasteiger partial charge < -0.3 is 20.1 Å². The molecule has 4 nitrogen and oxygen atoms in total. The van der Waals surface area contributed by atoms with Gasteiger partial charge in [0.25, 0.3) is 0 Å². The monoisotopic (exact) mass is 278 g/mol. The van der Waals surface area contributed by atoms with E-state index < -0.39 is 0 Å². The molecule has 0 aliphatic carbocycles. The van der Waals surface area contributed by atoms with Crippen LogP contribution in [0.2, 0.25) is 0 Å². The van der Waals surface area contributed by atoms with Crippen LogP contribution >= 0.6 is 0 Å². The third kappa shape index (κ3) is 3.44. The maximum absolute atomic E-state index is 5.49. The zero-order valence-corrected chi connectivity index (χ0v) is 12.9. The number of hydrogen-bond acceptors (Lipinski definition) is 4. The van der Waals surface area contributed by atoms with E-state index in [4.69, 9.17) is 9.47 Å². The number of ether oxygens (including phenoxy) is 2. The lowest BCUT2D eigenvalue weighted by Crippen LogP contribution is -2.47. The van der Waals surface area contributed by atoms with Crippen molar-refractivity contribution < 1.29 is 9.47 Å². The number of methoxy groups -OCH3 is 2. The molecular weight excluding hydrogens is 252 g/mol. The number of hydrogen-bond donors (Lipinski definition) is 2. The summed E-state index contributed by atoms with van der Waals surface area (Å²) in [5, 5.41) is 7.17. The van der Waals surface area contributed by atoms with E-state index in [2.05, 4.69) is 30.5 Å². The van der Waals surface area contributed by atoms with Gasteiger partial charge in [-0.2, -0.15) is 0 Å². The summed E-state index contributed by atoms with van der Waals surface area (Å²) in [4.78, 5) is 0. The summed E-state index contributed by atoms with van der Waals surface area (Å²) < 4.78 is 10.7. The van der Waals surface area contributed by atoms with Crippen molar-refractivity contribution in [2.45, 2.75) is 32.4 Å². The predicted octanol–water partition coefficient (Wildman–Crippen LogP) is 2.35. The topological polar surface area (TPSA) is 42.5 Å². The Balaban J connectivity index is 2.09. The van der Waals surface area contributed by atoms with Crippen LogP contribution < -0.4 is 20.1 Å². The summed E-state index contributed by atoms with van der Waals surface area (Å²) >= 11 is 0. The van der Waals surface area contributed by atoms with E-state index in [9.17, 15) is 0 Å². The van der Waals surface area contributed by atoms with Crippen molar-refractivity contribution in [3.63, 3.8) is 0 Å². The zero-order chi connectivity index (χ0) is 14.5. The SMILES string of the molecule is COc1ccc(C(C)NC2CCNCC2C)c(OC)c1. The number of rotatable bonds is 5. The zero-order valence-electron chi connectivity index (χ0n) is 12.9. The minimum atomic E-state index is 0.265. The number of nitrogens with one attached hydrogen (secondary N) is 2.